The summed E-state index contributed by atoms with van der Waals surface area (Å²) in [7, 11) is 1.62. The fraction of sp³-hybridized carbons (Fsp3) is 0.375. The molecule has 0 aromatic heterocycles. The number of fused-ring (bicyclic) bond motifs is 1. The van der Waals surface area contributed by atoms with E-state index in [0.29, 0.717) is 22.1 Å². The molecule has 2 heterocycles. The molecular formula is C32H35ClN2O4. The first kappa shape index (κ1) is 27.1. The molecule has 1 fully saturated rings. The van der Waals surface area contributed by atoms with Crippen LogP contribution in [0.15, 0.2) is 60.7 Å². The monoisotopic (exact) mass is 546 g/mol. The van der Waals surface area contributed by atoms with Crippen LogP contribution in [-0.2, 0) is 11.2 Å². The van der Waals surface area contributed by atoms with Crippen molar-refractivity contribution in [1.82, 2.24) is 4.90 Å². The molecule has 3 aromatic rings. The van der Waals surface area contributed by atoms with Crippen LogP contribution in [0.25, 0.3) is 0 Å². The molecule has 3 aromatic carbocycles. The van der Waals surface area contributed by atoms with Gasteiger partial charge >= 0.3 is 0 Å². The predicted octanol–water partition coefficient (Wildman–Crippen LogP) is 6.83. The molecule has 2 aliphatic rings. The third kappa shape index (κ3) is 5.62. The normalized spacial score (nSPS) is 17.9. The first-order chi connectivity index (χ1) is 18.9. The number of hydrogen-bond donors (Lipinski definition) is 0. The summed E-state index contributed by atoms with van der Waals surface area (Å²) in [4.78, 5) is 30.5. The van der Waals surface area contributed by atoms with Crippen molar-refractivity contribution in [2.75, 3.05) is 25.1 Å². The summed E-state index contributed by atoms with van der Waals surface area (Å²) in [6, 6.07) is 18.5. The smallest absolute Gasteiger partial charge is 0.253 e. The van der Waals surface area contributed by atoms with Gasteiger partial charge < -0.3 is 19.3 Å². The number of anilines is 1. The molecule has 0 saturated carbocycles. The number of amides is 2. The zero-order valence-corrected chi connectivity index (χ0v) is 23.5. The summed E-state index contributed by atoms with van der Waals surface area (Å²) >= 11 is 6.23. The van der Waals surface area contributed by atoms with Gasteiger partial charge in [0.25, 0.3) is 5.91 Å². The first-order valence-electron chi connectivity index (χ1n) is 13.7. The molecule has 2 atom stereocenters. The van der Waals surface area contributed by atoms with Crippen LogP contribution in [0.5, 0.6) is 11.5 Å². The second kappa shape index (κ2) is 11.7. The Hall–Kier alpha value is -3.51. The van der Waals surface area contributed by atoms with E-state index in [-0.39, 0.29) is 24.3 Å². The van der Waals surface area contributed by atoms with Gasteiger partial charge in [0.05, 0.1) is 25.7 Å². The van der Waals surface area contributed by atoms with Gasteiger partial charge in [-0.05, 0) is 97.8 Å². The number of carbonyl (C=O) groups excluding carboxylic acids is 2. The lowest BCUT2D eigenvalue weighted by atomic mass is 9.86. The number of carbonyl (C=O) groups is 2. The lowest BCUT2D eigenvalue weighted by Crippen LogP contribution is -2.41. The Morgan fingerprint density at radius 3 is 2.33 bits per heavy atom. The highest BCUT2D eigenvalue weighted by Crippen LogP contribution is 2.44. The van der Waals surface area contributed by atoms with Crippen molar-refractivity contribution in [1.29, 1.82) is 0 Å². The van der Waals surface area contributed by atoms with Gasteiger partial charge in [-0.25, -0.2) is 0 Å². The maximum atomic E-state index is 13.7. The molecule has 0 N–H and O–H groups in total. The molecule has 2 amide bonds. The van der Waals surface area contributed by atoms with Crippen molar-refractivity contribution in [2.45, 2.75) is 58.1 Å². The zero-order chi connectivity index (χ0) is 27.5. The van der Waals surface area contributed by atoms with E-state index in [9.17, 15) is 9.59 Å². The van der Waals surface area contributed by atoms with Gasteiger partial charge in [0.15, 0.2) is 11.5 Å². The van der Waals surface area contributed by atoms with Crippen molar-refractivity contribution in [2.24, 2.45) is 0 Å². The number of methoxy groups -OCH3 is 1. The van der Waals surface area contributed by atoms with Crippen LogP contribution in [0.1, 0.15) is 72.6 Å². The average Bonchev–Trinajstić information content (AvgIpc) is 2.97. The van der Waals surface area contributed by atoms with Gasteiger partial charge in [-0.1, -0.05) is 30.7 Å². The summed E-state index contributed by atoms with van der Waals surface area (Å²) in [5.74, 6) is 1.28. The fourth-order valence-electron chi connectivity index (χ4n) is 5.42. The quantitative estimate of drug-likeness (QED) is 0.326. The van der Waals surface area contributed by atoms with Crippen molar-refractivity contribution >= 4 is 29.1 Å². The number of likely N-dealkylation sites (tertiary alicyclic amines) is 1. The van der Waals surface area contributed by atoms with Gasteiger partial charge in [-0.2, -0.15) is 0 Å². The van der Waals surface area contributed by atoms with Crippen LogP contribution in [0, 0.1) is 0 Å². The number of nitrogens with zero attached hydrogens (tertiary/aromatic N) is 2. The van der Waals surface area contributed by atoms with Crippen LogP contribution < -0.4 is 14.4 Å². The molecule has 1 saturated heterocycles. The maximum absolute atomic E-state index is 13.7. The third-order valence-corrected chi connectivity index (χ3v) is 7.97. The zero-order valence-electron chi connectivity index (χ0n) is 22.8. The molecule has 39 heavy (non-hydrogen) atoms. The number of benzene rings is 3. The van der Waals surface area contributed by atoms with Gasteiger partial charge in [-0.15, -0.1) is 0 Å². The summed E-state index contributed by atoms with van der Waals surface area (Å²) in [6.07, 6.45) is 4.35. The molecule has 7 heteroatoms. The first-order valence-corrected chi connectivity index (χ1v) is 14.1. The number of halogens is 1. The Kier molecular flexibility index (Phi) is 8.12. The van der Waals surface area contributed by atoms with Crippen LogP contribution in [0.4, 0.5) is 5.69 Å². The Labute approximate surface area is 235 Å². The second-order valence-corrected chi connectivity index (χ2v) is 10.8. The van der Waals surface area contributed by atoms with E-state index < -0.39 is 6.04 Å². The van der Waals surface area contributed by atoms with E-state index >= 15 is 0 Å². The van der Waals surface area contributed by atoms with Crippen LogP contribution in [0.2, 0.25) is 5.02 Å². The van der Waals surface area contributed by atoms with Gasteiger partial charge in [0.1, 0.15) is 0 Å². The Morgan fingerprint density at radius 1 is 1.00 bits per heavy atom. The number of rotatable bonds is 7. The molecule has 0 spiro atoms. The number of piperidine rings is 1. The maximum Gasteiger partial charge on any atom is 0.253 e. The van der Waals surface area contributed by atoms with Crippen molar-refractivity contribution < 1.29 is 19.1 Å². The van der Waals surface area contributed by atoms with E-state index in [1.54, 1.807) is 7.11 Å². The molecule has 2 aliphatic heterocycles. The van der Waals surface area contributed by atoms with Crippen molar-refractivity contribution in [3.8, 4) is 11.5 Å². The van der Waals surface area contributed by atoms with Gasteiger partial charge in [-0.3, -0.25) is 9.59 Å². The average molecular weight is 547 g/mol. The summed E-state index contributed by atoms with van der Waals surface area (Å²) in [5.41, 5.74) is 4.19. The van der Waals surface area contributed by atoms with E-state index in [1.165, 1.54) is 6.42 Å². The topological polar surface area (TPSA) is 59.1 Å². The largest absolute Gasteiger partial charge is 0.493 e. The highest BCUT2D eigenvalue weighted by Gasteiger charge is 2.36. The van der Waals surface area contributed by atoms with Crippen LogP contribution in [0.3, 0.4) is 0 Å². The Bertz CT molecular complexity index is 1330. The highest BCUT2D eigenvalue weighted by molar-refractivity contribution is 6.30. The van der Waals surface area contributed by atoms with E-state index in [1.807, 2.05) is 77.4 Å². The lowest BCUT2D eigenvalue weighted by molar-refractivity contribution is -0.118. The minimum Gasteiger partial charge on any atom is -0.493 e. The highest BCUT2D eigenvalue weighted by atomic mass is 35.5. The minimum absolute atomic E-state index is 0.0113. The molecule has 6 nitrogen and oxygen atoms in total. The second-order valence-electron chi connectivity index (χ2n) is 10.3. The Balaban J connectivity index is 1.56. The van der Waals surface area contributed by atoms with E-state index in [4.69, 9.17) is 21.1 Å². The molecule has 0 radical (unpaired) electrons. The van der Waals surface area contributed by atoms with Crippen molar-refractivity contribution in [3.63, 3.8) is 0 Å². The number of hydrogen-bond acceptors (Lipinski definition) is 4. The molecule has 0 bridgehead atoms. The van der Waals surface area contributed by atoms with Crippen LogP contribution >= 0.6 is 11.6 Å². The molecular weight excluding hydrogens is 512 g/mol. The fourth-order valence-corrected chi connectivity index (χ4v) is 5.55. The van der Waals surface area contributed by atoms with Gasteiger partial charge in [0, 0.05) is 29.4 Å². The van der Waals surface area contributed by atoms with E-state index in [0.717, 1.165) is 54.7 Å². The third-order valence-electron chi connectivity index (χ3n) is 7.71. The molecule has 204 valence electrons. The SMILES string of the molecule is CC[C@@H](C)Oc1cc2c(cc1OC)CC(=O)N(c1ccc(C(=O)N3CCCCC3)cc1)C2c1ccc(Cl)cc1. The number of ether oxygens (including phenoxy) is 2. The minimum atomic E-state index is -0.396. The molecule has 5 rings (SSSR count). The van der Waals surface area contributed by atoms with Crippen LogP contribution in [-0.4, -0.2) is 43.0 Å². The summed E-state index contributed by atoms with van der Waals surface area (Å²) < 4.78 is 11.9. The Morgan fingerprint density at radius 2 is 1.69 bits per heavy atom. The predicted molar refractivity (Wildman–Crippen MR) is 154 cm³/mol. The summed E-state index contributed by atoms with van der Waals surface area (Å²) in [6.45, 7) is 5.69. The van der Waals surface area contributed by atoms with Gasteiger partial charge in [0.2, 0.25) is 5.91 Å². The van der Waals surface area contributed by atoms with E-state index in [2.05, 4.69) is 6.92 Å². The lowest BCUT2D eigenvalue weighted by Gasteiger charge is -2.38. The molecule has 0 aliphatic carbocycles. The molecule has 1 unspecified atom stereocenters. The standard InChI is InChI=1S/C32H35ClN2O4/c1-4-21(2)39-29-20-27-24(18-28(29)38-3)19-30(36)35(31(27)22-8-12-25(33)13-9-22)26-14-10-23(11-15-26)32(37)34-16-6-5-7-17-34/h8-15,18,20-21,31H,4-7,16-17,19H2,1-3H3/t21-,31?/m1/s1. The summed E-state index contributed by atoms with van der Waals surface area (Å²) in [5, 5.41) is 0.628. The van der Waals surface area contributed by atoms with Crippen molar-refractivity contribution in [3.05, 3.63) is 87.9 Å².